The van der Waals surface area contributed by atoms with Gasteiger partial charge in [-0.1, -0.05) is 44.6 Å². The van der Waals surface area contributed by atoms with Gasteiger partial charge in [-0.3, -0.25) is 9.59 Å². The molecule has 1 aromatic heterocycles. The van der Waals surface area contributed by atoms with Gasteiger partial charge in [-0.05, 0) is 43.4 Å². The van der Waals surface area contributed by atoms with E-state index in [0.717, 1.165) is 54.7 Å². The zero-order valence-electron chi connectivity index (χ0n) is 16.4. The largest absolute Gasteiger partial charge is 0.365 e. The highest BCUT2D eigenvalue weighted by Gasteiger charge is 2.25. The van der Waals surface area contributed by atoms with Crippen LogP contribution in [-0.2, 0) is 12.8 Å². The number of aryl methyl sites for hydroxylation is 1. The number of amides is 2. The molecule has 0 saturated heterocycles. The number of fused-ring (bicyclic) bond motifs is 1. The number of rotatable bonds is 3. The van der Waals surface area contributed by atoms with E-state index in [9.17, 15) is 18.4 Å². The Morgan fingerprint density at radius 2 is 1.41 bits per heavy atom. The molecular formula is C22H26F2N2O2S. The number of thiophene rings is 1. The second-order valence-electron chi connectivity index (χ2n) is 7.45. The molecule has 2 amide bonds. The summed E-state index contributed by atoms with van der Waals surface area (Å²) in [5.74, 6) is -3.43. The minimum Gasteiger partial charge on any atom is -0.365 e. The van der Waals surface area contributed by atoms with E-state index in [1.165, 1.54) is 43.1 Å². The number of halogens is 2. The highest BCUT2D eigenvalue weighted by molar-refractivity contribution is 7.17. The van der Waals surface area contributed by atoms with Crippen molar-refractivity contribution in [1.82, 2.24) is 0 Å². The number of nitrogens with two attached hydrogens (primary N) is 1. The van der Waals surface area contributed by atoms with Crippen LogP contribution in [0, 0.1) is 11.6 Å². The number of nitrogens with one attached hydrogen (secondary N) is 1. The molecule has 0 fully saturated rings. The predicted octanol–water partition coefficient (Wildman–Crippen LogP) is 5.60. The van der Waals surface area contributed by atoms with E-state index >= 15 is 0 Å². The van der Waals surface area contributed by atoms with Gasteiger partial charge in [0, 0.05) is 4.88 Å². The number of anilines is 1. The van der Waals surface area contributed by atoms with Gasteiger partial charge in [0.25, 0.3) is 11.8 Å². The molecule has 1 heterocycles. The molecule has 0 atom stereocenters. The maximum absolute atomic E-state index is 14.0. The van der Waals surface area contributed by atoms with Crippen molar-refractivity contribution in [1.29, 1.82) is 0 Å². The van der Waals surface area contributed by atoms with Crippen LogP contribution >= 0.6 is 11.3 Å². The normalized spacial score (nSPS) is 15.7. The van der Waals surface area contributed by atoms with Crippen molar-refractivity contribution in [2.75, 3.05) is 5.32 Å². The average Bonchev–Trinajstić information content (AvgIpc) is 2.98. The third-order valence-electron chi connectivity index (χ3n) is 5.33. The molecule has 1 aliphatic carbocycles. The van der Waals surface area contributed by atoms with E-state index < -0.39 is 29.0 Å². The lowest BCUT2D eigenvalue weighted by molar-refractivity contribution is 0.100. The number of hydrogen-bond acceptors (Lipinski definition) is 3. The van der Waals surface area contributed by atoms with Gasteiger partial charge < -0.3 is 11.1 Å². The van der Waals surface area contributed by atoms with Crippen LogP contribution in [0.25, 0.3) is 0 Å². The number of hydrogen-bond donors (Lipinski definition) is 2. The van der Waals surface area contributed by atoms with E-state index in [1.54, 1.807) is 0 Å². The van der Waals surface area contributed by atoms with Crippen molar-refractivity contribution in [2.24, 2.45) is 5.73 Å². The molecule has 0 spiro atoms. The lowest BCUT2D eigenvalue weighted by atomic mass is 9.97. The van der Waals surface area contributed by atoms with Gasteiger partial charge in [-0.2, -0.15) is 0 Å². The van der Waals surface area contributed by atoms with Crippen LogP contribution in [0.4, 0.5) is 13.8 Å². The molecule has 3 N–H and O–H groups in total. The summed E-state index contributed by atoms with van der Waals surface area (Å²) in [6.45, 7) is 0. The van der Waals surface area contributed by atoms with Crippen molar-refractivity contribution in [3.05, 3.63) is 51.4 Å². The summed E-state index contributed by atoms with van der Waals surface area (Å²) in [6.07, 6.45) is 10.5. The first-order valence-corrected chi connectivity index (χ1v) is 11.0. The number of carbonyl (C=O) groups is 2. The fourth-order valence-corrected chi connectivity index (χ4v) is 5.15. The number of benzene rings is 1. The monoisotopic (exact) mass is 420 g/mol. The Balaban J connectivity index is 1.93. The van der Waals surface area contributed by atoms with Gasteiger partial charge in [-0.25, -0.2) is 8.78 Å². The molecule has 1 aromatic carbocycles. The molecule has 2 aromatic rings. The van der Waals surface area contributed by atoms with Crippen LogP contribution in [0.2, 0.25) is 0 Å². The van der Waals surface area contributed by atoms with Crippen molar-refractivity contribution >= 4 is 28.2 Å². The zero-order valence-corrected chi connectivity index (χ0v) is 17.2. The molecule has 29 heavy (non-hydrogen) atoms. The molecule has 0 aliphatic heterocycles. The second-order valence-corrected chi connectivity index (χ2v) is 8.56. The molecule has 0 bridgehead atoms. The van der Waals surface area contributed by atoms with Crippen LogP contribution in [0.1, 0.15) is 82.5 Å². The first kappa shape index (κ1) is 21.4. The van der Waals surface area contributed by atoms with E-state index in [-0.39, 0.29) is 10.6 Å². The molecule has 4 nitrogen and oxygen atoms in total. The van der Waals surface area contributed by atoms with Crippen LogP contribution in [0.15, 0.2) is 18.2 Å². The van der Waals surface area contributed by atoms with Gasteiger partial charge in [0.2, 0.25) is 0 Å². The van der Waals surface area contributed by atoms with E-state index in [4.69, 9.17) is 5.73 Å². The Kier molecular flexibility index (Phi) is 7.36. The fraction of sp³-hybridized carbons (Fsp3) is 0.455. The van der Waals surface area contributed by atoms with E-state index in [2.05, 4.69) is 5.32 Å². The third kappa shape index (κ3) is 5.21. The standard InChI is InChI=1S/C22H26F2N2O2S/c23-15-11-9-12-16(24)19(15)21(28)26-22-18(20(25)27)14-10-7-5-3-1-2-4-6-8-13-17(14)29-22/h9,11-12H,1-8,10,13H2,(H2,25,27)(H,26,28). The van der Waals surface area contributed by atoms with Gasteiger partial charge in [0.1, 0.15) is 22.2 Å². The quantitative estimate of drug-likeness (QED) is 0.679. The molecule has 3 rings (SSSR count). The summed E-state index contributed by atoms with van der Waals surface area (Å²) in [5, 5.41) is 2.82. The average molecular weight is 421 g/mol. The highest BCUT2D eigenvalue weighted by Crippen LogP contribution is 2.36. The van der Waals surface area contributed by atoms with Crippen LogP contribution in [-0.4, -0.2) is 11.8 Å². The highest BCUT2D eigenvalue weighted by atomic mass is 32.1. The first-order valence-electron chi connectivity index (χ1n) is 10.2. The first-order chi connectivity index (χ1) is 14.0. The Morgan fingerprint density at radius 3 is 2.00 bits per heavy atom. The van der Waals surface area contributed by atoms with Crippen LogP contribution in [0.3, 0.4) is 0 Å². The summed E-state index contributed by atoms with van der Waals surface area (Å²) in [6, 6.07) is 3.25. The van der Waals surface area contributed by atoms with Crippen molar-refractivity contribution in [2.45, 2.75) is 64.2 Å². The summed E-state index contributed by atoms with van der Waals surface area (Å²) in [5.41, 5.74) is 6.15. The lowest BCUT2D eigenvalue weighted by Gasteiger charge is -2.09. The summed E-state index contributed by atoms with van der Waals surface area (Å²) < 4.78 is 28.0. The smallest absolute Gasteiger partial charge is 0.262 e. The SMILES string of the molecule is NC(=O)c1c(NC(=O)c2c(F)cccc2F)sc2c1CCCCCCCCCC2. The van der Waals surface area contributed by atoms with Crippen molar-refractivity contribution < 1.29 is 18.4 Å². The molecule has 0 saturated carbocycles. The second kappa shape index (κ2) is 9.96. The van der Waals surface area contributed by atoms with Gasteiger partial charge >= 0.3 is 0 Å². The Morgan fingerprint density at radius 1 is 0.862 bits per heavy atom. The number of primary amides is 1. The summed E-state index contributed by atoms with van der Waals surface area (Å²) in [4.78, 5) is 25.8. The fourth-order valence-electron chi connectivity index (χ4n) is 3.86. The van der Waals surface area contributed by atoms with Gasteiger partial charge in [0.05, 0.1) is 5.56 Å². The molecule has 0 radical (unpaired) electrons. The number of carbonyl (C=O) groups excluding carboxylic acids is 2. The van der Waals surface area contributed by atoms with Crippen molar-refractivity contribution in [3.63, 3.8) is 0 Å². The van der Waals surface area contributed by atoms with Crippen LogP contribution in [0.5, 0.6) is 0 Å². The molecule has 0 unspecified atom stereocenters. The Hall–Kier alpha value is -2.28. The van der Waals surface area contributed by atoms with Crippen molar-refractivity contribution in [3.8, 4) is 0 Å². The Labute approximate surface area is 173 Å². The lowest BCUT2D eigenvalue weighted by Crippen LogP contribution is -2.19. The molecule has 156 valence electrons. The van der Waals surface area contributed by atoms with E-state index in [1.807, 2.05) is 0 Å². The Bertz CT molecular complexity index is 875. The third-order valence-corrected chi connectivity index (χ3v) is 6.54. The topological polar surface area (TPSA) is 72.2 Å². The molecule has 1 aliphatic rings. The van der Waals surface area contributed by atoms with E-state index in [0.29, 0.717) is 6.42 Å². The van der Waals surface area contributed by atoms with Crippen LogP contribution < -0.4 is 11.1 Å². The molecular weight excluding hydrogens is 394 g/mol. The summed E-state index contributed by atoms with van der Waals surface area (Å²) >= 11 is 1.30. The van der Waals surface area contributed by atoms with Gasteiger partial charge in [-0.15, -0.1) is 11.3 Å². The maximum Gasteiger partial charge on any atom is 0.262 e. The predicted molar refractivity (Wildman–Crippen MR) is 111 cm³/mol. The minimum absolute atomic E-state index is 0.282. The zero-order chi connectivity index (χ0) is 20.8. The van der Waals surface area contributed by atoms with Gasteiger partial charge in [0.15, 0.2) is 0 Å². The summed E-state index contributed by atoms with van der Waals surface area (Å²) in [7, 11) is 0. The minimum atomic E-state index is -0.946. The molecule has 7 heteroatoms. The maximum atomic E-state index is 14.0.